The molecule has 0 radical (unpaired) electrons. The number of hydrogen-bond acceptors (Lipinski definition) is 3. The Balaban J connectivity index is 2.06. The third-order valence-corrected chi connectivity index (χ3v) is 3.75. The smallest absolute Gasteiger partial charge is 0.134 e. The average molecular weight is 350 g/mol. The van der Waals surface area contributed by atoms with Gasteiger partial charge in [0, 0.05) is 11.6 Å². The first kappa shape index (κ1) is 15.9. The van der Waals surface area contributed by atoms with Crippen molar-refractivity contribution in [2.45, 2.75) is 26.0 Å². The molecule has 0 aliphatic heterocycles. The molecular weight excluding hydrogens is 330 g/mol. The van der Waals surface area contributed by atoms with Gasteiger partial charge in [-0.2, -0.15) is 0 Å². The Bertz CT molecular complexity index is 599. The van der Waals surface area contributed by atoms with Crippen molar-refractivity contribution >= 4 is 15.9 Å². The van der Waals surface area contributed by atoms with Gasteiger partial charge in [-0.3, -0.25) is 0 Å². The first-order chi connectivity index (χ1) is 10.1. The Morgan fingerprint density at radius 3 is 2.57 bits per heavy atom. The molecule has 2 aromatic carbocycles. The van der Waals surface area contributed by atoms with Gasteiger partial charge in [0.05, 0.1) is 11.6 Å². The Morgan fingerprint density at radius 1 is 1.14 bits per heavy atom. The molecule has 2 rings (SSSR count). The summed E-state index contributed by atoms with van der Waals surface area (Å²) in [4.78, 5) is 0. The molecule has 0 amide bonds. The number of halogens is 1. The molecule has 112 valence electrons. The van der Waals surface area contributed by atoms with Crippen LogP contribution >= 0.6 is 15.9 Å². The van der Waals surface area contributed by atoms with Gasteiger partial charge < -0.3 is 15.2 Å². The third kappa shape index (κ3) is 4.48. The summed E-state index contributed by atoms with van der Waals surface area (Å²) in [5.74, 6) is 1.65. The highest BCUT2D eigenvalue weighted by atomic mass is 79.9. The predicted octanol–water partition coefficient (Wildman–Crippen LogP) is 3.93. The van der Waals surface area contributed by atoms with Crippen LogP contribution in [-0.4, -0.2) is 13.2 Å². The number of benzene rings is 2. The Hall–Kier alpha value is -1.52. The quantitative estimate of drug-likeness (QED) is 0.859. The SMILES string of the molecule is COc1ccccc1COc1ccc(CC(C)N)cc1Br. The minimum atomic E-state index is 0.150. The molecule has 2 N–H and O–H groups in total. The normalized spacial score (nSPS) is 12.0. The first-order valence-corrected chi connectivity index (χ1v) is 7.68. The number of methoxy groups -OCH3 is 1. The summed E-state index contributed by atoms with van der Waals surface area (Å²) in [6.07, 6.45) is 0.853. The summed E-state index contributed by atoms with van der Waals surface area (Å²) in [5.41, 5.74) is 8.03. The van der Waals surface area contributed by atoms with Crippen LogP contribution < -0.4 is 15.2 Å². The van der Waals surface area contributed by atoms with Crippen molar-refractivity contribution in [3.63, 3.8) is 0 Å². The number of hydrogen-bond donors (Lipinski definition) is 1. The zero-order valence-electron chi connectivity index (χ0n) is 12.3. The van der Waals surface area contributed by atoms with E-state index in [0.717, 1.165) is 28.0 Å². The van der Waals surface area contributed by atoms with Crippen LogP contribution in [0.4, 0.5) is 0 Å². The lowest BCUT2D eigenvalue weighted by Crippen LogP contribution is -2.17. The summed E-state index contributed by atoms with van der Waals surface area (Å²) in [5, 5.41) is 0. The fourth-order valence-corrected chi connectivity index (χ4v) is 2.68. The molecule has 0 heterocycles. The average Bonchev–Trinajstić information content (AvgIpc) is 2.46. The van der Waals surface area contributed by atoms with E-state index in [2.05, 4.69) is 22.0 Å². The van der Waals surface area contributed by atoms with E-state index in [9.17, 15) is 0 Å². The summed E-state index contributed by atoms with van der Waals surface area (Å²) < 4.78 is 12.1. The summed E-state index contributed by atoms with van der Waals surface area (Å²) >= 11 is 3.55. The summed E-state index contributed by atoms with van der Waals surface area (Å²) in [6.45, 7) is 2.47. The van der Waals surface area contributed by atoms with Crippen LogP contribution in [0.2, 0.25) is 0 Å². The van der Waals surface area contributed by atoms with Crippen LogP contribution in [0.25, 0.3) is 0 Å². The Labute approximate surface area is 134 Å². The van der Waals surface area contributed by atoms with Crippen LogP contribution in [0, 0.1) is 0 Å². The molecule has 0 fully saturated rings. The lowest BCUT2D eigenvalue weighted by Gasteiger charge is -2.12. The van der Waals surface area contributed by atoms with Crippen LogP contribution in [0.3, 0.4) is 0 Å². The van der Waals surface area contributed by atoms with Gasteiger partial charge in [0.2, 0.25) is 0 Å². The van der Waals surface area contributed by atoms with Gasteiger partial charge in [0.15, 0.2) is 0 Å². The van der Waals surface area contributed by atoms with E-state index in [0.29, 0.717) is 6.61 Å². The topological polar surface area (TPSA) is 44.5 Å². The fourth-order valence-electron chi connectivity index (χ4n) is 2.14. The maximum Gasteiger partial charge on any atom is 0.134 e. The number of rotatable bonds is 6. The Morgan fingerprint density at radius 2 is 1.90 bits per heavy atom. The summed E-state index contributed by atoms with van der Waals surface area (Å²) in [7, 11) is 1.66. The van der Waals surface area contributed by atoms with Gasteiger partial charge in [0.1, 0.15) is 18.1 Å². The van der Waals surface area contributed by atoms with E-state index in [1.165, 1.54) is 5.56 Å². The van der Waals surface area contributed by atoms with Gasteiger partial charge in [-0.25, -0.2) is 0 Å². The second-order valence-electron chi connectivity index (χ2n) is 5.05. The number of ether oxygens (including phenoxy) is 2. The summed E-state index contributed by atoms with van der Waals surface area (Å²) in [6, 6.07) is 14.1. The van der Waals surface area contributed by atoms with Crippen LogP contribution in [-0.2, 0) is 13.0 Å². The maximum absolute atomic E-state index is 5.87. The predicted molar refractivity (Wildman–Crippen MR) is 88.8 cm³/mol. The lowest BCUT2D eigenvalue weighted by atomic mass is 10.1. The molecule has 0 bridgehead atoms. The minimum absolute atomic E-state index is 0.150. The molecule has 0 aliphatic carbocycles. The minimum Gasteiger partial charge on any atom is -0.496 e. The van der Waals surface area contributed by atoms with Crippen molar-refractivity contribution in [2.75, 3.05) is 7.11 Å². The monoisotopic (exact) mass is 349 g/mol. The molecule has 4 heteroatoms. The largest absolute Gasteiger partial charge is 0.496 e. The van der Waals surface area contributed by atoms with E-state index in [1.807, 2.05) is 43.3 Å². The van der Waals surface area contributed by atoms with E-state index in [-0.39, 0.29) is 6.04 Å². The molecule has 1 unspecified atom stereocenters. The van der Waals surface area contributed by atoms with Gasteiger partial charge >= 0.3 is 0 Å². The molecule has 0 aliphatic rings. The Kier molecular flexibility index (Phi) is 5.65. The standard InChI is InChI=1S/C17H20BrNO2/c1-12(19)9-13-7-8-17(15(18)10-13)21-11-14-5-3-4-6-16(14)20-2/h3-8,10,12H,9,11,19H2,1-2H3. The van der Waals surface area contributed by atoms with Crippen molar-refractivity contribution < 1.29 is 9.47 Å². The highest BCUT2D eigenvalue weighted by molar-refractivity contribution is 9.10. The maximum atomic E-state index is 5.87. The zero-order valence-corrected chi connectivity index (χ0v) is 13.9. The molecule has 21 heavy (non-hydrogen) atoms. The zero-order chi connectivity index (χ0) is 15.2. The molecule has 0 spiro atoms. The molecule has 3 nitrogen and oxygen atoms in total. The second-order valence-corrected chi connectivity index (χ2v) is 5.90. The molecule has 0 aromatic heterocycles. The second kappa shape index (κ2) is 7.48. The van der Waals surface area contributed by atoms with Crippen LogP contribution in [0.15, 0.2) is 46.9 Å². The van der Waals surface area contributed by atoms with Crippen molar-refractivity contribution in [3.05, 3.63) is 58.1 Å². The number of para-hydroxylation sites is 1. The van der Waals surface area contributed by atoms with Crippen molar-refractivity contribution in [1.82, 2.24) is 0 Å². The van der Waals surface area contributed by atoms with E-state index in [1.54, 1.807) is 7.11 Å². The van der Waals surface area contributed by atoms with Gasteiger partial charge in [-0.05, 0) is 53.0 Å². The van der Waals surface area contributed by atoms with Gasteiger partial charge in [-0.15, -0.1) is 0 Å². The highest BCUT2D eigenvalue weighted by Crippen LogP contribution is 2.28. The third-order valence-electron chi connectivity index (χ3n) is 3.13. The van der Waals surface area contributed by atoms with Crippen LogP contribution in [0.5, 0.6) is 11.5 Å². The van der Waals surface area contributed by atoms with E-state index < -0.39 is 0 Å². The molecule has 0 saturated carbocycles. The van der Waals surface area contributed by atoms with Gasteiger partial charge in [-0.1, -0.05) is 24.3 Å². The highest BCUT2D eigenvalue weighted by Gasteiger charge is 2.07. The van der Waals surface area contributed by atoms with Crippen molar-refractivity contribution in [2.24, 2.45) is 5.73 Å². The lowest BCUT2D eigenvalue weighted by molar-refractivity contribution is 0.295. The van der Waals surface area contributed by atoms with Gasteiger partial charge in [0.25, 0.3) is 0 Å². The number of nitrogens with two attached hydrogens (primary N) is 1. The molecule has 2 aromatic rings. The molecule has 1 atom stereocenters. The van der Waals surface area contributed by atoms with E-state index in [4.69, 9.17) is 15.2 Å². The van der Waals surface area contributed by atoms with E-state index >= 15 is 0 Å². The molecular formula is C17H20BrNO2. The fraction of sp³-hybridized carbons (Fsp3) is 0.294. The van der Waals surface area contributed by atoms with Crippen LogP contribution in [0.1, 0.15) is 18.1 Å². The van der Waals surface area contributed by atoms with Crippen molar-refractivity contribution in [1.29, 1.82) is 0 Å². The van der Waals surface area contributed by atoms with Crippen molar-refractivity contribution in [3.8, 4) is 11.5 Å². The first-order valence-electron chi connectivity index (χ1n) is 6.89. The molecule has 0 saturated heterocycles.